The molecule has 0 aliphatic carbocycles. The average Bonchev–Trinajstić information content (AvgIpc) is 3.26. The lowest BCUT2D eigenvalue weighted by Crippen LogP contribution is -2.19. The fraction of sp³-hybridized carbons (Fsp3) is 1.00. The van der Waals surface area contributed by atoms with Gasteiger partial charge in [-0.2, -0.15) is 0 Å². The van der Waals surface area contributed by atoms with Crippen LogP contribution in [0.1, 0.15) is 26.2 Å². The Morgan fingerprint density at radius 2 is 1.79 bits per heavy atom. The molecule has 0 N–H and O–H groups in total. The summed E-state index contributed by atoms with van der Waals surface area (Å²) in [6.07, 6.45) is 4.49. The summed E-state index contributed by atoms with van der Waals surface area (Å²) in [6.45, 7) is 7.25. The molecule has 0 aromatic heterocycles. The summed E-state index contributed by atoms with van der Waals surface area (Å²) >= 11 is 0. The van der Waals surface area contributed by atoms with Gasteiger partial charge in [0, 0.05) is 6.61 Å². The summed E-state index contributed by atoms with van der Waals surface area (Å²) in [5.74, 6) is 0. The van der Waals surface area contributed by atoms with Crippen molar-refractivity contribution in [3.8, 4) is 0 Å². The first-order valence-corrected chi connectivity index (χ1v) is 7.35. The zero-order valence-electron chi connectivity index (χ0n) is 11.8. The third-order valence-corrected chi connectivity index (χ3v) is 3.16. The zero-order chi connectivity index (χ0) is 13.3. The predicted molar refractivity (Wildman–Crippen MR) is 70.4 cm³/mol. The molecule has 112 valence electrons. The molecule has 2 aliphatic heterocycles. The fourth-order valence-corrected chi connectivity index (χ4v) is 1.80. The van der Waals surface area contributed by atoms with Gasteiger partial charge in [-0.15, -0.1) is 0 Å². The Balaban J connectivity index is 1.27. The molecule has 0 bridgehead atoms. The van der Waals surface area contributed by atoms with E-state index in [0.717, 1.165) is 26.2 Å². The van der Waals surface area contributed by atoms with Crippen LogP contribution in [0.25, 0.3) is 0 Å². The third-order valence-electron chi connectivity index (χ3n) is 3.16. The lowest BCUT2D eigenvalue weighted by Gasteiger charge is -2.13. The highest BCUT2D eigenvalue weighted by atomic mass is 16.6. The van der Waals surface area contributed by atoms with E-state index in [0.29, 0.717) is 38.6 Å². The lowest BCUT2D eigenvalue weighted by atomic mass is 10.2. The first-order valence-electron chi connectivity index (χ1n) is 7.35. The first-order chi connectivity index (χ1) is 9.34. The molecule has 2 fully saturated rings. The third kappa shape index (κ3) is 8.55. The van der Waals surface area contributed by atoms with Gasteiger partial charge in [0.05, 0.1) is 51.8 Å². The molecule has 2 saturated heterocycles. The van der Waals surface area contributed by atoms with Gasteiger partial charge in [-0.3, -0.25) is 0 Å². The molecule has 0 spiro atoms. The number of epoxide rings is 2. The van der Waals surface area contributed by atoms with Gasteiger partial charge in [-0.05, 0) is 26.2 Å². The van der Waals surface area contributed by atoms with Crippen LogP contribution in [0.4, 0.5) is 0 Å². The molecule has 0 radical (unpaired) electrons. The maximum absolute atomic E-state index is 5.59. The molecular weight excluding hydrogens is 248 g/mol. The average molecular weight is 274 g/mol. The highest BCUT2D eigenvalue weighted by Gasteiger charge is 2.22. The number of rotatable bonds is 13. The number of hydrogen-bond donors (Lipinski definition) is 0. The van der Waals surface area contributed by atoms with E-state index in [2.05, 4.69) is 0 Å². The Kier molecular flexibility index (Phi) is 7.09. The second-order valence-electron chi connectivity index (χ2n) is 5.24. The second-order valence-corrected chi connectivity index (χ2v) is 5.24. The van der Waals surface area contributed by atoms with E-state index >= 15 is 0 Å². The molecule has 19 heavy (non-hydrogen) atoms. The number of unbranched alkanes of at least 4 members (excludes halogenated alkanes) is 1. The van der Waals surface area contributed by atoms with Gasteiger partial charge in [0.15, 0.2) is 0 Å². The van der Waals surface area contributed by atoms with Crippen LogP contribution in [0.3, 0.4) is 0 Å². The Morgan fingerprint density at radius 1 is 1.00 bits per heavy atom. The Morgan fingerprint density at radius 3 is 2.53 bits per heavy atom. The molecule has 3 unspecified atom stereocenters. The van der Waals surface area contributed by atoms with Crippen LogP contribution < -0.4 is 0 Å². The van der Waals surface area contributed by atoms with Crippen molar-refractivity contribution in [1.82, 2.24) is 0 Å². The van der Waals surface area contributed by atoms with Crippen LogP contribution in [0.2, 0.25) is 0 Å². The molecule has 3 atom stereocenters. The van der Waals surface area contributed by atoms with E-state index in [4.69, 9.17) is 23.7 Å². The monoisotopic (exact) mass is 274 g/mol. The lowest BCUT2D eigenvalue weighted by molar-refractivity contribution is -0.0315. The molecule has 0 amide bonds. The van der Waals surface area contributed by atoms with E-state index in [9.17, 15) is 0 Å². The molecular formula is C14H26O5. The molecule has 5 nitrogen and oxygen atoms in total. The largest absolute Gasteiger partial charge is 0.379 e. The minimum absolute atomic E-state index is 0.132. The summed E-state index contributed by atoms with van der Waals surface area (Å²) in [5.41, 5.74) is 0. The fourth-order valence-electron chi connectivity index (χ4n) is 1.80. The molecule has 0 aromatic carbocycles. The number of hydrogen-bond acceptors (Lipinski definition) is 5. The van der Waals surface area contributed by atoms with Crippen molar-refractivity contribution in [2.45, 2.75) is 44.5 Å². The second kappa shape index (κ2) is 8.87. The Hall–Kier alpha value is -0.200. The minimum atomic E-state index is 0.132. The quantitative estimate of drug-likeness (QED) is 0.375. The molecule has 5 heteroatoms. The van der Waals surface area contributed by atoms with Gasteiger partial charge < -0.3 is 23.7 Å². The van der Waals surface area contributed by atoms with Gasteiger partial charge in [0.2, 0.25) is 0 Å². The van der Waals surface area contributed by atoms with E-state index in [-0.39, 0.29) is 6.10 Å². The van der Waals surface area contributed by atoms with Crippen molar-refractivity contribution in [3.05, 3.63) is 0 Å². The van der Waals surface area contributed by atoms with Crippen molar-refractivity contribution < 1.29 is 23.7 Å². The van der Waals surface area contributed by atoms with Crippen LogP contribution in [-0.2, 0) is 23.7 Å². The van der Waals surface area contributed by atoms with E-state index in [1.54, 1.807) is 0 Å². The molecule has 2 heterocycles. The van der Waals surface area contributed by atoms with Crippen molar-refractivity contribution in [2.75, 3.05) is 46.2 Å². The maximum atomic E-state index is 5.59. The Labute approximate surface area is 115 Å². The van der Waals surface area contributed by atoms with Crippen molar-refractivity contribution in [2.24, 2.45) is 0 Å². The molecule has 0 aromatic rings. The standard InChI is InChI=1S/C14H26O5/c1-12(17-7-6-16-9-14-11-19-14)8-15-5-3-2-4-13-10-18-13/h12-14H,2-11H2,1H3. The summed E-state index contributed by atoms with van der Waals surface area (Å²) in [6, 6.07) is 0. The summed E-state index contributed by atoms with van der Waals surface area (Å²) in [7, 11) is 0. The smallest absolute Gasteiger partial charge is 0.104 e. The van der Waals surface area contributed by atoms with Crippen LogP contribution in [-0.4, -0.2) is 64.6 Å². The zero-order valence-corrected chi connectivity index (χ0v) is 11.8. The number of ether oxygens (including phenoxy) is 5. The maximum Gasteiger partial charge on any atom is 0.104 e. The van der Waals surface area contributed by atoms with E-state index < -0.39 is 0 Å². The van der Waals surface area contributed by atoms with Crippen LogP contribution in [0.15, 0.2) is 0 Å². The Bertz CT molecular complexity index is 228. The van der Waals surface area contributed by atoms with Crippen molar-refractivity contribution >= 4 is 0 Å². The van der Waals surface area contributed by atoms with Gasteiger partial charge in [-0.25, -0.2) is 0 Å². The van der Waals surface area contributed by atoms with Crippen molar-refractivity contribution in [1.29, 1.82) is 0 Å². The normalized spacial score (nSPS) is 26.4. The summed E-state index contributed by atoms with van der Waals surface area (Å²) in [4.78, 5) is 0. The highest BCUT2D eigenvalue weighted by Crippen LogP contribution is 2.16. The molecule has 2 aliphatic rings. The van der Waals surface area contributed by atoms with Crippen LogP contribution in [0, 0.1) is 0 Å². The van der Waals surface area contributed by atoms with Gasteiger partial charge in [-0.1, -0.05) is 0 Å². The van der Waals surface area contributed by atoms with Gasteiger partial charge >= 0.3 is 0 Å². The van der Waals surface area contributed by atoms with Gasteiger partial charge in [0.25, 0.3) is 0 Å². The van der Waals surface area contributed by atoms with Crippen LogP contribution >= 0.6 is 0 Å². The van der Waals surface area contributed by atoms with Crippen LogP contribution in [0.5, 0.6) is 0 Å². The molecule has 0 saturated carbocycles. The SMILES string of the molecule is CC(COCCCCC1CO1)OCCOCC1CO1. The van der Waals surface area contributed by atoms with E-state index in [1.807, 2.05) is 6.92 Å². The van der Waals surface area contributed by atoms with E-state index in [1.165, 1.54) is 12.8 Å². The predicted octanol–water partition coefficient (Wildman–Crippen LogP) is 1.39. The summed E-state index contributed by atoms with van der Waals surface area (Å²) < 4.78 is 26.8. The minimum Gasteiger partial charge on any atom is -0.379 e. The van der Waals surface area contributed by atoms with Gasteiger partial charge in [0.1, 0.15) is 6.10 Å². The van der Waals surface area contributed by atoms with Crippen molar-refractivity contribution in [3.63, 3.8) is 0 Å². The summed E-state index contributed by atoms with van der Waals surface area (Å²) in [5, 5.41) is 0. The highest BCUT2D eigenvalue weighted by molar-refractivity contribution is 4.68. The topological polar surface area (TPSA) is 52.8 Å². The first kappa shape index (κ1) is 15.2. The molecule has 2 rings (SSSR count).